The summed E-state index contributed by atoms with van der Waals surface area (Å²) in [6.45, 7) is 4.06. The van der Waals surface area contributed by atoms with E-state index in [4.69, 9.17) is 0 Å². The fourth-order valence-corrected chi connectivity index (χ4v) is 2.73. The number of imide groups is 1. The van der Waals surface area contributed by atoms with Crippen molar-refractivity contribution in [2.75, 3.05) is 13.6 Å². The Labute approximate surface area is 144 Å². The number of aliphatic imine (C=N–C) groups is 1. The van der Waals surface area contributed by atoms with E-state index in [0.29, 0.717) is 18.1 Å². The summed E-state index contributed by atoms with van der Waals surface area (Å²) in [5.41, 5.74) is 3.49. The van der Waals surface area contributed by atoms with Gasteiger partial charge in [-0.3, -0.25) is 10.1 Å². The largest absolute Gasteiger partial charge is 0.508 e. The molecule has 0 spiro atoms. The minimum absolute atomic E-state index is 0.137. The number of guanidine groups is 1. The number of rotatable bonds is 4. The van der Waals surface area contributed by atoms with Gasteiger partial charge in [-0.15, -0.1) is 6.58 Å². The third-order valence-corrected chi connectivity index (χ3v) is 3.93. The molecule has 0 radical (unpaired) electrons. The van der Waals surface area contributed by atoms with Gasteiger partial charge in [-0.2, -0.15) is 5.10 Å². The fourth-order valence-electron chi connectivity index (χ4n) is 2.73. The Kier molecular flexibility index (Phi) is 4.38. The van der Waals surface area contributed by atoms with Crippen LogP contribution in [-0.4, -0.2) is 64.8 Å². The van der Waals surface area contributed by atoms with Gasteiger partial charge in [0, 0.05) is 13.6 Å². The normalized spacial score (nSPS) is 22.7. The SMILES string of the molecule is C=CCN1C(N/N=C/c2cccc(O)c2)=NC2C1C(=O)NC(=O)N2C. The van der Waals surface area contributed by atoms with Gasteiger partial charge in [0.1, 0.15) is 5.75 Å². The molecule has 1 aromatic rings. The van der Waals surface area contributed by atoms with Crippen molar-refractivity contribution in [1.82, 2.24) is 20.5 Å². The highest BCUT2D eigenvalue weighted by atomic mass is 16.3. The van der Waals surface area contributed by atoms with Crippen molar-refractivity contribution in [2.24, 2.45) is 10.1 Å². The van der Waals surface area contributed by atoms with Crippen LogP contribution in [0.2, 0.25) is 0 Å². The number of hydrogen-bond donors (Lipinski definition) is 3. The molecule has 0 saturated carbocycles. The fraction of sp³-hybridized carbons (Fsp3) is 0.250. The lowest BCUT2D eigenvalue weighted by Gasteiger charge is -2.35. The molecule has 1 aromatic carbocycles. The second kappa shape index (κ2) is 6.63. The number of hydrogen-bond acceptors (Lipinski definition) is 7. The lowest BCUT2D eigenvalue weighted by Crippen LogP contribution is -2.64. The summed E-state index contributed by atoms with van der Waals surface area (Å²) in [5, 5.41) is 15.9. The van der Waals surface area contributed by atoms with Crippen molar-refractivity contribution in [3.63, 3.8) is 0 Å². The molecule has 3 amide bonds. The van der Waals surface area contributed by atoms with Crippen LogP contribution in [0, 0.1) is 0 Å². The monoisotopic (exact) mass is 342 g/mol. The van der Waals surface area contributed by atoms with Gasteiger partial charge in [-0.1, -0.05) is 18.2 Å². The number of carbonyl (C=O) groups excluding carboxylic acids is 2. The Hall–Kier alpha value is -3.36. The molecule has 1 fully saturated rings. The number of nitrogens with one attached hydrogen (secondary N) is 2. The second-order valence-corrected chi connectivity index (χ2v) is 5.62. The smallest absolute Gasteiger partial charge is 0.325 e. The Bertz CT molecular complexity index is 775. The van der Waals surface area contributed by atoms with E-state index in [-0.39, 0.29) is 5.75 Å². The number of nitrogens with zero attached hydrogens (tertiary/aromatic N) is 4. The van der Waals surface area contributed by atoms with E-state index in [1.807, 2.05) is 0 Å². The number of benzene rings is 1. The molecule has 0 bridgehead atoms. The van der Waals surface area contributed by atoms with Gasteiger partial charge in [-0.25, -0.2) is 15.2 Å². The molecule has 9 heteroatoms. The number of phenolic OH excluding ortho intramolecular Hbond substituents is 1. The summed E-state index contributed by atoms with van der Waals surface area (Å²) in [5.74, 6) is 0.0914. The van der Waals surface area contributed by atoms with E-state index in [2.05, 4.69) is 27.4 Å². The van der Waals surface area contributed by atoms with Crippen LogP contribution >= 0.6 is 0 Å². The lowest BCUT2D eigenvalue weighted by molar-refractivity contribution is -0.126. The van der Waals surface area contributed by atoms with Crippen LogP contribution in [0.3, 0.4) is 0 Å². The summed E-state index contributed by atoms with van der Waals surface area (Å²) in [7, 11) is 1.58. The molecule has 9 nitrogen and oxygen atoms in total. The number of likely N-dealkylation sites (N-methyl/N-ethyl adjacent to an activating group) is 1. The topological polar surface area (TPSA) is 110 Å². The van der Waals surface area contributed by atoms with Crippen molar-refractivity contribution in [1.29, 1.82) is 0 Å². The van der Waals surface area contributed by atoms with Crippen LogP contribution in [0.25, 0.3) is 0 Å². The molecule has 2 unspecified atom stereocenters. The summed E-state index contributed by atoms with van der Waals surface area (Å²) in [6, 6.07) is 5.48. The average molecular weight is 342 g/mol. The number of aromatic hydroxyl groups is 1. The predicted octanol–water partition coefficient (Wildman–Crippen LogP) is 0.0496. The third kappa shape index (κ3) is 3.16. The van der Waals surface area contributed by atoms with Gasteiger partial charge in [0.25, 0.3) is 5.91 Å². The van der Waals surface area contributed by atoms with Gasteiger partial charge < -0.3 is 14.9 Å². The third-order valence-electron chi connectivity index (χ3n) is 3.93. The maximum atomic E-state index is 12.2. The van der Waals surface area contributed by atoms with Crippen LogP contribution in [0.1, 0.15) is 5.56 Å². The molecule has 2 aliphatic heterocycles. The Morgan fingerprint density at radius 1 is 1.48 bits per heavy atom. The van der Waals surface area contributed by atoms with Crippen molar-refractivity contribution in [2.45, 2.75) is 12.2 Å². The molecule has 0 aromatic heterocycles. The van der Waals surface area contributed by atoms with E-state index in [1.165, 1.54) is 11.1 Å². The van der Waals surface area contributed by atoms with Crippen LogP contribution in [0.4, 0.5) is 4.79 Å². The minimum atomic E-state index is -0.640. The average Bonchev–Trinajstić information content (AvgIpc) is 2.93. The summed E-state index contributed by atoms with van der Waals surface area (Å²) >= 11 is 0. The number of hydrazone groups is 1. The van der Waals surface area contributed by atoms with Crippen LogP contribution in [0.15, 0.2) is 47.0 Å². The first-order valence-electron chi connectivity index (χ1n) is 7.62. The molecule has 3 rings (SSSR count). The van der Waals surface area contributed by atoms with E-state index >= 15 is 0 Å². The van der Waals surface area contributed by atoms with Crippen molar-refractivity contribution < 1.29 is 14.7 Å². The molecular formula is C16H18N6O3. The molecular weight excluding hydrogens is 324 g/mol. The van der Waals surface area contributed by atoms with E-state index in [9.17, 15) is 14.7 Å². The molecule has 2 atom stereocenters. The van der Waals surface area contributed by atoms with Gasteiger partial charge in [0.2, 0.25) is 5.96 Å². The van der Waals surface area contributed by atoms with Crippen molar-refractivity contribution in [3.8, 4) is 5.75 Å². The first kappa shape index (κ1) is 16.5. The zero-order valence-corrected chi connectivity index (χ0v) is 13.6. The maximum Gasteiger partial charge on any atom is 0.325 e. The number of carbonyl (C=O) groups is 2. The first-order valence-corrected chi connectivity index (χ1v) is 7.62. The molecule has 2 heterocycles. The van der Waals surface area contributed by atoms with E-state index in [0.717, 1.165) is 0 Å². The number of phenols is 1. The summed E-state index contributed by atoms with van der Waals surface area (Å²) in [4.78, 5) is 31.4. The number of fused-ring (bicyclic) bond motifs is 1. The Balaban J connectivity index is 1.80. The number of amides is 3. The zero-order valence-electron chi connectivity index (χ0n) is 13.6. The molecule has 2 aliphatic rings. The van der Waals surface area contributed by atoms with Gasteiger partial charge >= 0.3 is 6.03 Å². The van der Waals surface area contributed by atoms with E-state index in [1.54, 1.807) is 42.3 Å². The zero-order chi connectivity index (χ0) is 18.0. The van der Waals surface area contributed by atoms with Gasteiger partial charge in [0.15, 0.2) is 12.2 Å². The predicted molar refractivity (Wildman–Crippen MR) is 92.1 cm³/mol. The summed E-state index contributed by atoms with van der Waals surface area (Å²) in [6.07, 6.45) is 2.53. The lowest BCUT2D eigenvalue weighted by atomic mass is 10.1. The maximum absolute atomic E-state index is 12.2. The van der Waals surface area contributed by atoms with Gasteiger partial charge in [0.05, 0.1) is 6.21 Å². The molecule has 3 N–H and O–H groups in total. The molecule has 25 heavy (non-hydrogen) atoms. The van der Waals surface area contributed by atoms with E-state index < -0.39 is 24.1 Å². The minimum Gasteiger partial charge on any atom is -0.508 e. The van der Waals surface area contributed by atoms with Crippen LogP contribution in [0.5, 0.6) is 5.75 Å². The Morgan fingerprint density at radius 3 is 3.00 bits per heavy atom. The first-order chi connectivity index (χ1) is 12.0. The quantitative estimate of drug-likeness (QED) is 0.407. The van der Waals surface area contributed by atoms with Crippen molar-refractivity contribution in [3.05, 3.63) is 42.5 Å². The highest BCUT2D eigenvalue weighted by molar-refractivity contribution is 6.03. The second-order valence-electron chi connectivity index (χ2n) is 5.62. The molecule has 1 saturated heterocycles. The highest BCUT2D eigenvalue weighted by Gasteiger charge is 2.48. The highest BCUT2D eigenvalue weighted by Crippen LogP contribution is 2.23. The Morgan fingerprint density at radius 2 is 2.28 bits per heavy atom. The molecule has 0 aliphatic carbocycles. The standard InChI is InChI=1S/C16H18N6O3/c1-3-7-22-12-13(21(2)16(25)19-14(12)24)18-15(22)20-17-9-10-5-4-6-11(23)8-10/h3-6,8-9,12-13,23H,1,7H2,2H3,(H,18,20)(H,19,24,25)/b17-9+. The van der Waals surface area contributed by atoms with Crippen molar-refractivity contribution >= 4 is 24.1 Å². The van der Waals surface area contributed by atoms with Gasteiger partial charge in [-0.05, 0) is 17.7 Å². The molecule has 130 valence electrons. The van der Waals surface area contributed by atoms with Crippen LogP contribution < -0.4 is 10.7 Å². The van der Waals surface area contributed by atoms with Crippen LogP contribution in [-0.2, 0) is 4.79 Å². The number of urea groups is 1. The summed E-state index contributed by atoms with van der Waals surface area (Å²) < 4.78 is 0.